The van der Waals surface area contributed by atoms with Crippen molar-refractivity contribution in [1.82, 2.24) is 10.4 Å². The Kier molecular flexibility index (Phi) is 3.83. The molecule has 3 rings (SSSR count). The number of aryl methyl sites for hydroxylation is 1. The molecule has 0 saturated heterocycles. The molecule has 1 amide bonds. The normalized spacial score (nSPS) is 11.3. The van der Waals surface area contributed by atoms with Crippen LogP contribution in [0.25, 0.3) is 10.9 Å². The van der Waals surface area contributed by atoms with Gasteiger partial charge in [0.25, 0.3) is 5.91 Å². The standard InChI is InChI=1S/C16H15N3OS/c1-2-11-5-3-6-13-12(9-17-15(11)13)10-18-19-16(20)14-7-4-8-21-14/h3-10,17H,2H2,1H3,(H,19,20)/b18-10+. The van der Waals surface area contributed by atoms with E-state index in [2.05, 4.69) is 28.5 Å². The third kappa shape index (κ3) is 2.73. The Morgan fingerprint density at radius 2 is 2.29 bits per heavy atom. The highest BCUT2D eigenvalue weighted by Crippen LogP contribution is 2.20. The van der Waals surface area contributed by atoms with Crippen molar-refractivity contribution in [3.8, 4) is 0 Å². The number of amides is 1. The van der Waals surface area contributed by atoms with Gasteiger partial charge in [0.15, 0.2) is 0 Å². The number of carbonyl (C=O) groups excluding carboxylic acids is 1. The SMILES string of the molecule is CCc1cccc2c(/C=N/NC(=O)c3cccs3)c[nH]c12. The van der Waals surface area contributed by atoms with E-state index in [4.69, 9.17) is 0 Å². The molecule has 2 N–H and O–H groups in total. The van der Waals surface area contributed by atoms with E-state index in [-0.39, 0.29) is 5.91 Å². The van der Waals surface area contributed by atoms with Gasteiger partial charge in [-0.1, -0.05) is 31.2 Å². The molecule has 21 heavy (non-hydrogen) atoms. The van der Waals surface area contributed by atoms with Crippen LogP contribution in [0.15, 0.2) is 47.0 Å². The maximum Gasteiger partial charge on any atom is 0.281 e. The summed E-state index contributed by atoms with van der Waals surface area (Å²) in [4.78, 5) is 15.7. The first kappa shape index (κ1) is 13.6. The number of nitrogens with one attached hydrogen (secondary N) is 2. The fraction of sp³-hybridized carbons (Fsp3) is 0.125. The molecule has 0 spiro atoms. The number of aromatic nitrogens is 1. The number of H-pyrrole nitrogens is 1. The summed E-state index contributed by atoms with van der Waals surface area (Å²) < 4.78 is 0. The summed E-state index contributed by atoms with van der Waals surface area (Å²) in [6.45, 7) is 2.13. The lowest BCUT2D eigenvalue weighted by molar-refractivity contribution is 0.0959. The Bertz CT molecular complexity index is 787. The summed E-state index contributed by atoms with van der Waals surface area (Å²) >= 11 is 1.39. The van der Waals surface area contributed by atoms with Crippen LogP contribution in [0.3, 0.4) is 0 Å². The molecular weight excluding hydrogens is 282 g/mol. The van der Waals surface area contributed by atoms with E-state index in [0.29, 0.717) is 4.88 Å². The molecule has 0 atom stereocenters. The molecule has 2 aromatic heterocycles. The lowest BCUT2D eigenvalue weighted by atomic mass is 10.1. The van der Waals surface area contributed by atoms with Crippen molar-refractivity contribution in [2.24, 2.45) is 5.10 Å². The summed E-state index contributed by atoms with van der Waals surface area (Å²) in [6, 6.07) is 9.81. The van der Waals surface area contributed by atoms with Crippen molar-refractivity contribution in [2.45, 2.75) is 13.3 Å². The van der Waals surface area contributed by atoms with Gasteiger partial charge in [-0.2, -0.15) is 5.10 Å². The number of para-hydroxylation sites is 1. The van der Waals surface area contributed by atoms with E-state index >= 15 is 0 Å². The van der Waals surface area contributed by atoms with E-state index in [9.17, 15) is 4.79 Å². The summed E-state index contributed by atoms with van der Waals surface area (Å²) in [6.07, 6.45) is 4.55. The van der Waals surface area contributed by atoms with Gasteiger partial charge in [0.1, 0.15) is 0 Å². The summed E-state index contributed by atoms with van der Waals surface area (Å²) in [5, 5.41) is 7.02. The predicted molar refractivity (Wildman–Crippen MR) is 87.1 cm³/mol. The fourth-order valence-corrected chi connectivity index (χ4v) is 2.88. The molecule has 0 aliphatic rings. The van der Waals surface area contributed by atoms with Crippen LogP contribution in [0.4, 0.5) is 0 Å². The average Bonchev–Trinajstić information content (AvgIpc) is 3.16. The molecule has 106 valence electrons. The van der Waals surface area contributed by atoms with E-state index in [1.54, 1.807) is 12.3 Å². The minimum Gasteiger partial charge on any atom is -0.360 e. The van der Waals surface area contributed by atoms with Gasteiger partial charge in [0.2, 0.25) is 0 Å². The van der Waals surface area contributed by atoms with Gasteiger partial charge >= 0.3 is 0 Å². The van der Waals surface area contributed by atoms with Crippen LogP contribution in [0.2, 0.25) is 0 Å². The number of benzene rings is 1. The smallest absolute Gasteiger partial charge is 0.281 e. The van der Waals surface area contributed by atoms with Gasteiger partial charge in [-0.3, -0.25) is 4.79 Å². The van der Waals surface area contributed by atoms with Crippen LogP contribution in [-0.4, -0.2) is 17.1 Å². The van der Waals surface area contributed by atoms with Crippen molar-refractivity contribution in [3.05, 3.63) is 57.9 Å². The number of hydrogen-bond acceptors (Lipinski definition) is 3. The van der Waals surface area contributed by atoms with Crippen molar-refractivity contribution in [3.63, 3.8) is 0 Å². The van der Waals surface area contributed by atoms with Crippen molar-refractivity contribution < 1.29 is 4.79 Å². The molecule has 2 heterocycles. The van der Waals surface area contributed by atoms with Crippen molar-refractivity contribution in [1.29, 1.82) is 0 Å². The van der Waals surface area contributed by atoms with Crippen molar-refractivity contribution >= 4 is 34.4 Å². The van der Waals surface area contributed by atoms with Gasteiger partial charge in [0.05, 0.1) is 11.1 Å². The van der Waals surface area contributed by atoms with Crippen LogP contribution < -0.4 is 5.43 Å². The zero-order valence-corrected chi connectivity index (χ0v) is 12.4. The van der Waals surface area contributed by atoms with Gasteiger partial charge in [-0.25, -0.2) is 5.43 Å². The highest BCUT2D eigenvalue weighted by atomic mass is 32.1. The number of hydrogen-bond donors (Lipinski definition) is 2. The number of fused-ring (bicyclic) bond motifs is 1. The largest absolute Gasteiger partial charge is 0.360 e. The Balaban J connectivity index is 1.79. The van der Waals surface area contributed by atoms with Gasteiger partial charge in [-0.15, -0.1) is 11.3 Å². The molecule has 0 aliphatic carbocycles. The molecule has 0 fully saturated rings. The number of rotatable bonds is 4. The molecule has 4 nitrogen and oxygen atoms in total. The molecule has 1 aromatic carbocycles. The molecular formula is C16H15N3OS. The third-order valence-corrected chi connectivity index (χ3v) is 4.20. The van der Waals surface area contributed by atoms with Crippen LogP contribution in [0.5, 0.6) is 0 Å². The first-order valence-electron chi connectivity index (χ1n) is 6.75. The minimum atomic E-state index is -0.185. The average molecular weight is 297 g/mol. The first-order chi connectivity index (χ1) is 10.3. The zero-order chi connectivity index (χ0) is 14.7. The first-order valence-corrected chi connectivity index (χ1v) is 7.63. The molecule has 0 bridgehead atoms. The monoisotopic (exact) mass is 297 g/mol. The predicted octanol–water partition coefficient (Wildman–Crippen LogP) is 3.56. The van der Waals surface area contributed by atoms with Crippen LogP contribution in [0.1, 0.15) is 27.7 Å². The molecule has 0 saturated carbocycles. The number of thiophene rings is 1. The number of carbonyl (C=O) groups is 1. The molecule has 0 unspecified atom stereocenters. The lowest BCUT2D eigenvalue weighted by Crippen LogP contribution is -2.15. The van der Waals surface area contributed by atoms with E-state index in [0.717, 1.165) is 22.9 Å². The zero-order valence-electron chi connectivity index (χ0n) is 11.6. The second-order valence-corrected chi connectivity index (χ2v) is 5.56. The van der Waals surface area contributed by atoms with E-state index in [1.807, 2.05) is 29.8 Å². The second kappa shape index (κ2) is 5.93. The minimum absolute atomic E-state index is 0.185. The van der Waals surface area contributed by atoms with Crippen LogP contribution in [-0.2, 0) is 6.42 Å². The highest BCUT2D eigenvalue weighted by molar-refractivity contribution is 7.12. The van der Waals surface area contributed by atoms with Crippen molar-refractivity contribution in [2.75, 3.05) is 0 Å². The second-order valence-electron chi connectivity index (χ2n) is 4.61. The fourth-order valence-electron chi connectivity index (χ4n) is 2.26. The lowest BCUT2D eigenvalue weighted by Gasteiger charge is -1.99. The topological polar surface area (TPSA) is 57.2 Å². The molecule has 3 aromatic rings. The molecule has 5 heteroatoms. The Morgan fingerprint density at radius 3 is 3.05 bits per heavy atom. The summed E-state index contributed by atoms with van der Waals surface area (Å²) in [5.41, 5.74) is 5.91. The van der Waals surface area contributed by atoms with E-state index < -0.39 is 0 Å². The van der Waals surface area contributed by atoms with Gasteiger partial charge in [0, 0.05) is 22.7 Å². The van der Waals surface area contributed by atoms with Crippen LogP contribution >= 0.6 is 11.3 Å². The molecule has 0 radical (unpaired) electrons. The number of nitrogens with zero attached hydrogens (tertiary/aromatic N) is 1. The summed E-state index contributed by atoms with van der Waals surface area (Å²) in [7, 11) is 0. The quantitative estimate of drug-likeness (QED) is 0.561. The van der Waals surface area contributed by atoms with Crippen LogP contribution in [0, 0.1) is 0 Å². The number of aromatic amines is 1. The van der Waals surface area contributed by atoms with E-state index in [1.165, 1.54) is 16.9 Å². The Labute approximate surface area is 126 Å². The maximum absolute atomic E-state index is 11.8. The number of hydrazone groups is 1. The molecule has 0 aliphatic heterocycles. The Hall–Kier alpha value is -2.40. The maximum atomic E-state index is 11.8. The highest BCUT2D eigenvalue weighted by Gasteiger charge is 2.06. The van der Waals surface area contributed by atoms with Gasteiger partial charge < -0.3 is 4.98 Å². The van der Waals surface area contributed by atoms with Gasteiger partial charge in [-0.05, 0) is 23.4 Å². The summed E-state index contributed by atoms with van der Waals surface area (Å²) in [5.74, 6) is -0.185. The Morgan fingerprint density at radius 1 is 1.38 bits per heavy atom. The third-order valence-electron chi connectivity index (χ3n) is 3.33.